The summed E-state index contributed by atoms with van der Waals surface area (Å²) >= 11 is 1.77. The summed E-state index contributed by atoms with van der Waals surface area (Å²) in [5.41, 5.74) is 1.16. The monoisotopic (exact) mass is 537 g/mol. The number of hydrogen-bond donors (Lipinski definition) is 1. The van der Waals surface area contributed by atoms with E-state index in [9.17, 15) is 0 Å². The number of aliphatic imine (C=N–C) groups is 1. The van der Waals surface area contributed by atoms with Gasteiger partial charge >= 0.3 is 0 Å². The molecular formula is C20H36IN5O2S. The lowest BCUT2D eigenvalue weighted by atomic mass is 10.1. The molecule has 0 spiro atoms. The van der Waals surface area contributed by atoms with Crippen LogP contribution in [-0.2, 0) is 15.9 Å². The van der Waals surface area contributed by atoms with Gasteiger partial charge in [0.15, 0.2) is 11.1 Å². The van der Waals surface area contributed by atoms with Crippen LogP contribution in [0.4, 0.5) is 5.13 Å². The lowest BCUT2D eigenvalue weighted by Gasteiger charge is -2.21. The number of anilines is 1. The number of thiazole rings is 1. The molecule has 9 heteroatoms. The molecule has 0 amide bonds. The molecule has 166 valence electrons. The van der Waals surface area contributed by atoms with Crippen LogP contribution in [0.2, 0.25) is 0 Å². The average molecular weight is 538 g/mol. The highest BCUT2D eigenvalue weighted by Gasteiger charge is 2.25. The van der Waals surface area contributed by atoms with E-state index in [-0.39, 0.29) is 24.0 Å². The summed E-state index contributed by atoms with van der Waals surface area (Å²) in [5, 5.41) is 6.82. The van der Waals surface area contributed by atoms with E-state index < -0.39 is 0 Å². The van der Waals surface area contributed by atoms with Gasteiger partial charge in [-0.3, -0.25) is 4.99 Å². The molecule has 3 heterocycles. The lowest BCUT2D eigenvalue weighted by Crippen LogP contribution is -2.40. The summed E-state index contributed by atoms with van der Waals surface area (Å²) in [7, 11) is 1.71. The van der Waals surface area contributed by atoms with Crippen LogP contribution in [0, 0.1) is 5.92 Å². The average Bonchev–Trinajstić information content (AvgIpc) is 3.46. The molecule has 1 unspecified atom stereocenters. The summed E-state index contributed by atoms with van der Waals surface area (Å²) in [4.78, 5) is 14.4. The van der Waals surface area contributed by atoms with Crippen LogP contribution in [0.15, 0.2) is 10.4 Å². The molecule has 0 saturated carbocycles. The molecule has 0 aliphatic carbocycles. The first-order chi connectivity index (χ1) is 13.8. The SMILES string of the molecule is CCNC(=NCCc1csc(N2CCCC2)n1)N1CCC(COCCOC)C1.I. The number of aromatic nitrogens is 1. The number of likely N-dealkylation sites (tertiary alicyclic amines) is 1. The lowest BCUT2D eigenvalue weighted by molar-refractivity contribution is 0.0536. The minimum atomic E-state index is 0. The molecule has 1 aromatic heterocycles. The zero-order valence-corrected chi connectivity index (χ0v) is 20.9. The molecule has 3 rings (SSSR count). The maximum absolute atomic E-state index is 5.71. The van der Waals surface area contributed by atoms with Gasteiger partial charge in [0.25, 0.3) is 0 Å². The zero-order chi connectivity index (χ0) is 19.6. The molecule has 2 aliphatic rings. The number of hydrogen-bond acceptors (Lipinski definition) is 6. The van der Waals surface area contributed by atoms with E-state index in [4.69, 9.17) is 19.5 Å². The highest BCUT2D eigenvalue weighted by molar-refractivity contribution is 14.0. The van der Waals surface area contributed by atoms with Gasteiger partial charge in [-0.25, -0.2) is 4.98 Å². The van der Waals surface area contributed by atoms with Gasteiger partial charge in [-0.05, 0) is 26.2 Å². The van der Waals surface area contributed by atoms with E-state index >= 15 is 0 Å². The van der Waals surface area contributed by atoms with Crippen LogP contribution in [0.5, 0.6) is 0 Å². The minimum absolute atomic E-state index is 0. The Morgan fingerprint density at radius 1 is 1.31 bits per heavy atom. The molecule has 0 bridgehead atoms. The van der Waals surface area contributed by atoms with Crippen molar-refractivity contribution in [2.45, 2.75) is 32.6 Å². The molecule has 0 radical (unpaired) electrons. The fourth-order valence-electron chi connectivity index (χ4n) is 3.72. The smallest absolute Gasteiger partial charge is 0.193 e. The molecule has 2 fully saturated rings. The molecule has 1 atom stereocenters. The van der Waals surface area contributed by atoms with E-state index in [1.165, 1.54) is 18.0 Å². The molecule has 1 aromatic rings. The number of guanidine groups is 1. The first-order valence-corrected chi connectivity index (χ1v) is 11.5. The Balaban J connectivity index is 0.00000300. The van der Waals surface area contributed by atoms with Crippen LogP contribution >= 0.6 is 35.3 Å². The number of nitrogens with one attached hydrogen (secondary N) is 1. The Morgan fingerprint density at radius 3 is 2.90 bits per heavy atom. The third-order valence-electron chi connectivity index (χ3n) is 5.25. The summed E-state index contributed by atoms with van der Waals surface area (Å²) in [5.74, 6) is 1.60. The van der Waals surface area contributed by atoms with Crippen molar-refractivity contribution in [1.29, 1.82) is 0 Å². The first kappa shape index (κ1) is 24.6. The van der Waals surface area contributed by atoms with Crippen molar-refractivity contribution in [3.05, 3.63) is 11.1 Å². The van der Waals surface area contributed by atoms with Crippen molar-refractivity contribution < 1.29 is 9.47 Å². The Morgan fingerprint density at radius 2 is 2.14 bits per heavy atom. The maximum atomic E-state index is 5.71. The topological polar surface area (TPSA) is 62.2 Å². The first-order valence-electron chi connectivity index (χ1n) is 10.6. The van der Waals surface area contributed by atoms with Crippen molar-refractivity contribution >= 4 is 46.4 Å². The molecule has 29 heavy (non-hydrogen) atoms. The third kappa shape index (κ3) is 7.84. The van der Waals surface area contributed by atoms with Crippen LogP contribution in [0.25, 0.3) is 0 Å². The van der Waals surface area contributed by atoms with E-state index in [1.807, 2.05) is 0 Å². The van der Waals surface area contributed by atoms with Crippen LogP contribution in [-0.4, -0.2) is 82.0 Å². The predicted molar refractivity (Wildman–Crippen MR) is 131 cm³/mol. The number of rotatable bonds is 10. The third-order valence-corrected chi connectivity index (χ3v) is 6.20. The van der Waals surface area contributed by atoms with Gasteiger partial charge in [-0.2, -0.15) is 0 Å². The highest BCUT2D eigenvalue weighted by Crippen LogP contribution is 2.24. The van der Waals surface area contributed by atoms with Gasteiger partial charge in [-0.1, -0.05) is 0 Å². The minimum Gasteiger partial charge on any atom is -0.382 e. The Hall–Kier alpha value is -0.650. The van der Waals surface area contributed by atoms with E-state index in [2.05, 4.69) is 27.4 Å². The largest absolute Gasteiger partial charge is 0.382 e. The van der Waals surface area contributed by atoms with Crippen molar-refractivity contribution in [1.82, 2.24) is 15.2 Å². The number of methoxy groups -OCH3 is 1. The number of halogens is 1. The molecule has 0 aromatic carbocycles. The second-order valence-electron chi connectivity index (χ2n) is 7.47. The summed E-state index contributed by atoms with van der Waals surface area (Å²) in [6.45, 7) is 10.3. The van der Waals surface area contributed by atoms with Gasteiger partial charge in [0.2, 0.25) is 0 Å². The molecule has 7 nitrogen and oxygen atoms in total. The van der Waals surface area contributed by atoms with E-state index in [1.54, 1.807) is 18.4 Å². The van der Waals surface area contributed by atoms with Crippen molar-refractivity contribution in [2.24, 2.45) is 10.9 Å². The fraction of sp³-hybridized carbons (Fsp3) is 0.800. The number of ether oxygens (including phenoxy) is 2. The maximum Gasteiger partial charge on any atom is 0.193 e. The molecule has 2 saturated heterocycles. The Kier molecular flexibility index (Phi) is 11.6. The molecule has 1 N–H and O–H groups in total. The quantitative estimate of drug-likeness (QED) is 0.215. The fourth-order valence-corrected chi connectivity index (χ4v) is 4.63. The van der Waals surface area contributed by atoms with Crippen LogP contribution in [0.3, 0.4) is 0 Å². The predicted octanol–water partition coefficient (Wildman–Crippen LogP) is 2.85. The van der Waals surface area contributed by atoms with Crippen molar-refractivity contribution in [2.75, 3.05) is 71.1 Å². The van der Waals surface area contributed by atoms with E-state index in [0.29, 0.717) is 19.1 Å². The van der Waals surface area contributed by atoms with Gasteiger partial charge in [0.05, 0.1) is 25.5 Å². The standard InChI is InChI=1S/C20H35N5O2S.HI/c1-3-21-19(25-11-7-17(14-25)15-27-13-12-26-2)22-8-6-18-16-28-20(23-18)24-9-4-5-10-24;/h16-17H,3-15H2,1-2H3,(H,21,22);1H. The highest BCUT2D eigenvalue weighted by atomic mass is 127. The Bertz CT molecular complexity index is 609. The summed E-state index contributed by atoms with van der Waals surface area (Å²) in [6.07, 6.45) is 4.64. The normalized spacial score (nSPS) is 19.7. The zero-order valence-electron chi connectivity index (χ0n) is 17.8. The van der Waals surface area contributed by atoms with Crippen molar-refractivity contribution in [3.63, 3.8) is 0 Å². The number of nitrogens with zero attached hydrogens (tertiary/aromatic N) is 4. The van der Waals surface area contributed by atoms with Gasteiger partial charge < -0.3 is 24.6 Å². The van der Waals surface area contributed by atoms with Gasteiger partial charge in [0.1, 0.15) is 0 Å². The second-order valence-corrected chi connectivity index (χ2v) is 8.31. The van der Waals surface area contributed by atoms with Gasteiger partial charge in [0, 0.05) is 64.1 Å². The van der Waals surface area contributed by atoms with E-state index in [0.717, 1.165) is 70.4 Å². The Labute approximate surface area is 196 Å². The van der Waals surface area contributed by atoms with Crippen LogP contribution in [0.1, 0.15) is 31.9 Å². The summed E-state index contributed by atoms with van der Waals surface area (Å²) in [6, 6.07) is 0. The van der Waals surface area contributed by atoms with Crippen molar-refractivity contribution in [3.8, 4) is 0 Å². The van der Waals surface area contributed by atoms with Gasteiger partial charge in [-0.15, -0.1) is 35.3 Å². The second kappa shape index (κ2) is 13.6. The van der Waals surface area contributed by atoms with Crippen LogP contribution < -0.4 is 10.2 Å². The summed E-state index contributed by atoms with van der Waals surface area (Å²) < 4.78 is 10.7. The molecular weight excluding hydrogens is 501 g/mol. The molecule has 2 aliphatic heterocycles.